The molecule has 3 nitrogen and oxygen atoms in total. The number of amides is 1. The van der Waals surface area contributed by atoms with Gasteiger partial charge in [-0.2, -0.15) is 0 Å². The fourth-order valence-corrected chi connectivity index (χ4v) is 3.40. The summed E-state index contributed by atoms with van der Waals surface area (Å²) in [5.74, 6) is 0.603. The van der Waals surface area contributed by atoms with Crippen LogP contribution in [-0.2, 0) is 16.0 Å². The van der Waals surface area contributed by atoms with E-state index < -0.39 is 0 Å². The summed E-state index contributed by atoms with van der Waals surface area (Å²) in [4.78, 5) is 26.0. The summed E-state index contributed by atoms with van der Waals surface area (Å²) in [6, 6.07) is 7.52. The average Bonchev–Trinajstić information content (AvgIpc) is 2.69. The molecule has 0 unspecified atom stereocenters. The molecule has 1 aromatic carbocycles. The van der Waals surface area contributed by atoms with Crippen molar-refractivity contribution in [1.29, 1.82) is 0 Å². The zero-order valence-corrected chi connectivity index (χ0v) is 10.4. The first-order chi connectivity index (χ1) is 8.18. The van der Waals surface area contributed by atoms with E-state index in [1.807, 2.05) is 31.2 Å². The molecule has 0 N–H and O–H groups in total. The van der Waals surface area contributed by atoms with Crippen molar-refractivity contribution in [3.63, 3.8) is 0 Å². The number of fused-ring (bicyclic) bond motifs is 3. The highest BCUT2D eigenvalue weighted by Crippen LogP contribution is 2.37. The maximum atomic E-state index is 12.3. The third kappa shape index (κ3) is 1.59. The van der Waals surface area contributed by atoms with Gasteiger partial charge in [-0.1, -0.05) is 36.9 Å². The van der Waals surface area contributed by atoms with Crippen LogP contribution in [0.2, 0.25) is 0 Å². The monoisotopic (exact) mass is 247 g/mol. The Kier molecular flexibility index (Phi) is 2.47. The molecule has 17 heavy (non-hydrogen) atoms. The van der Waals surface area contributed by atoms with Crippen molar-refractivity contribution in [1.82, 2.24) is 0 Å². The quantitative estimate of drug-likeness (QED) is 0.702. The zero-order chi connectivity index (χ0) is 12.0. The predicted molar refractivity (Wildman–Crippen MR) is 68.0 cm³/mol. The molecule has 0 aromatic heterocycles. The van der Waals surface area contributed by atoms with Crippen molar-refractivity contribution in [2.45, 2.75) is 19.4 Å². The second-order valence-electron chi connectivity index (χ2n) is 4.59. The van der Waals surface area contributed by atoms with E-state index in [1.165, 1.54) is 11.8 Å². The van der Waals surface area contributed by atoms with Crippen molar-refractivity contribution in [2.24, 2.45) is 5.92 Å². The van der Waals surface area contributed by atoms with Gasteiger partial charge in [0.1, 0.15) is 6.04 Å². The summed E-state index contributed by atoms with van der Waals surface area (Å²) in [6.45, 7) is 1.89. The van der Waals surface area contributed by atoms with Crippen molar-refractivity contribution >= 4 is 28.5 Å². The summed E-state index contributed by atoms with van der Waals surface area (Å²) >= 11 is 1.30. The Bertz CT molecular complexity index is 500. The van der Waals surface area contributed by atoms with Gasteiger partial charge < -0.3 is 4.90 Å². The first-order valence-corrected chi connectivity index (χ1v) is 6.74. The molecule has 1 amide bonds. The van der Waals surface area contributed by atoms with Gasteiger partial charge in [-0.25, -0.2) is 0 Å². The molecular formula is C13H13NO2S. The minimum absolute atomic E-state index is 0.0818. The van der Waals surface area contributed by atoms with Gasteiger partial charge in [-0.15, -0.1) is 0 Å². The van der Waals surface area contributed by atoms with E-state index in [4.69, 9.17) is 0 Å². The summed E-state index contributed by atoms with van der Waals surface area (Å²) in [5, 5.41) is 0.124. The Hall–Kier alpha value is -1.29. The molecule has 2 aliphatic rings. The van der Waals surface area contributed by atoms with Crippen LogP contribution < -0.4 is 4.90 Å². The van der Waals surface area contributed by atoms with Crippen LogP contribution in [-0.4, -0.2) is 22.8 Å². The van der Waals surface area contributed by atoms with Crippen LogP contribution in [0.4, 0.5) is 5.69 Å². The summed E-state index contributed by atoms with van der Waals surface area (Å²) in [6.07, 6.45) is 0.667. The SMILES string of the molecule is C[C@H]1CSC(=O)[C@@H]2Cc3ccccc3N2C1=O. The fourth-order valence-electron chi connectivity index (χ4n) is 2.46. The molecule has 0 saturated carbocycles. The number of rotatable bonds is 0. The number of nitrogens with zero attached hydrogens (tertiary/aromatic N) is 1. The number of benzene rings is 1. The molecule has 0 bridgehead atoms. The van der Waals surface area contributed by atoms with Crippen molar-refractivity contribution < 1.29 is 9.59 Å². The lowest BCUT2D eigenvalue weighted by Crippen LogP contribution is -2.42. The highest BCUT2D eigenvalue weighted by atomic mass is 32.2. The van der Waals surface area contributed by atoms with Crippen LogP contribution in [0.15, 0.2) is 24.3 Å². The highest BCUT2D eigenvalue weighted by molar-refractivity contribution is 8.13. The lowest BCUT2D eigenvalue weighted by Gasteiger charge is -2.23. The molecule has 2 atom stereocenters. The normalized spacial score (nSPS) is 27.7. The van der Waals surface area contributed by atoms with E-state index in [1.54, 1.807) is 4.90 Å². The maximum absolute atomic E-state index is 12.3. The predicted octanol–water partition coefficient (Wildman–Crippen LogP) is 1.85. The van der Waals surface area contributed by atoms with E-state index in [0.717, 1.165) is 11.3 Å². The lowest BCUT2D eigenvalue weighted by atomic mass is 10.1. The molecule has 1 saturated heterocycles. The van der Waals surface area contributed by atoms with E-state index >= 15 is 0 Å². The van der Waals surface area contributed by atoms with Gasteiger partial charge in [0.2, 0.25) is 11.0 Å². The van der Waals surface area contributed by atoms with Crippen LogP contribution in [0.3, 0.4) is 0 Å². The van der Waals surface area contributed by atoms with Crippen LogP contribution in [0.5, 0.6) is 0 Å². The number of carbonyl (C=O) groups excluding carboxylic acids is 2. The molecule has 1 aromatic rings. The van der Waals surface area contributed by atoms with Crippen molar-refractivity contribution in [3.8, 4) is 0 Å². The van der Waals surface area contributed by atoms with E-state index in [-0.39, 0.29) is 23.0 Å². The maximum Gasteiger partial charge on any atom is 0.231 e. The van der Waals surface area contributed by atoms with Crippen LogP contribution in [0.1, 0.15) is 12.5 Å². The van der Waals surface area contributed by atoms with Gasteiger partial charge in [0.15, 0.2) is 0 Å². The van der Waals surface area contributed by atoms with Crippen LogP contribution in [0, 0.1) is 5.92 Å². The third-order valence-corrected chi connectivity index (χ3v) is 4.61. The Labute approximate surface area is 104 Å². The smallest absolute Gasteiger partial charge is 0.231 e. The number of para-hydroxylation sites is 1. The first kappa shape index (κ1) is 10.8. The molecule has 3 rings (SSSR count). The van der Waals surface area contributed by atoms with Gasteiger partial charge in [0.25, 0.3) is 0 Å². The topological polar surface area (TPSA) is 37.4 Å². The van der Waals surface area contributed by atoms with Gasteiger partial charge in [0, 0.05) is 23.8 Å². The van der Waals surface area contributed by atoms with Gasteiger partial charge in [-0.05, 0) is 11.6 Å². The van der Waals surface area contributed by atoms with Gasteiger partial charge in [-0.3, -0.25) is 9.59 Å². The second-order valence-corrected chi connectivity index (χ2v) is 5.61. The van der Waals surface area contributed by atoms with E-state index in [0.29, 0.717) is 12.2 Å². The largest absolute Gasteiger partial charge is 0.300 e. The van der Waals surface area contributed by atoms with Crippen molar-refractivity contribution in [2.75, 3.05) is 10.7 Å². The third-order valence-electron chi connectivity index (χ3n) is 3.38. The Morgan fingerprint density at radius 2 is 2.06 bits per heavy atom. The number of thioether (sulfide) groups is 1. The molecule has 88 valence electrons. The Balaban J connectivity index is 2.09. The second kappa shape index (κ2) is 3.88. The minimum Gasteiger partial charge on any atom is -0.300 e. The molecule has 2 aliphatic heterocycles. The molecule has 4 heteroatoms. The highest BCUT2D eigenvalue weighted by Gasteiger charge is 2.42. The zero-order valence-electron chi connectivity index (χ0n) is 9.55. The molecule has 0 aliphatic carbocycles. The van der Waals surface area contributed by atoms with Crippen LogP contribution in [0.25, 0.3) is 0 Å². The standard InChI is InChI=1S/C13H13NO2S/c1-8-7-17-13(16)11-6-9-4-2-3-5-10(9)14(11)12(8)15/h2-5,8,11H,6-7H2,1H3/t8-,11-/m0/s1. The summed E-state index contributed by atoms with van der Waals surface area (Å²) < 4.78 is 0. The van der Waals surface area contributed by atoms with E-state index in [9.17, 15) is 9.59 Å². The number of carbonyl (C=O) groups is 2. The molecule has 0 radical (unpaired) electrons. The average molecular weight is 247 g/mol. The molecular weight excluding hydrogens is 234 g/mol. The Morgan fingerprint density at radius 3 is 2.88 bits per heavy atom. The molecule has 1 fully saturated rings. The van der Waals surface area contributed by atoms with Crippen molar-refractivity contribution in [3.05, 3.63) is 29.8 Å². The number of hydrogen-bond acceptors (Lipinski definition) is 3. The number of hydrogen-bond donors (Lipinski definition) is 0. The fraction of sp³-hybridized carbons (Fsp3) is 0.385. The first-order valence-electron chi connectivity index (χ1n) is 5.76. The van der Waals surface area contributed by atoms with Crippen LogP contribution >= 0.6 is 11.8 Å². The Morgan fingerprint density at radius 1 is 1.29 bits per heavy atom. The summed E-state index contributed by atoms with van der Waals surface area (Å²) in [5.41, 5.74) is 2.03. The van der Waals surface area contributed by atoms with E-state index in [2.05, 4.69) is 0 Å². The van der Waals surface area contributed by atoms with Gasteiger partial charge in [0.05, 0.1) is 0 Å². The number of anilines is 1. The molecule has 2 heterocycles. The lowest BCUT2D eigenvalue weighted by molar-refractivity contribution is -0.123. The van der Waals surface area contributed by atoms with Gasteiger partial charge >= 0.3 is 0 Å². The minimum atomic E-state index is -0.283. The summed E-state index contributed by atoms with van der Waals surface area (Å²) in [7, 11) is 0. The molecule has 0 spiro atoms.